The third-order valence-corrected chi connectivity index (χ3v) is 4.87. The molecule has 0 aliphatic carbocycles. The highest BCUT2D eigenvalue weighted by atomic mass is 19.2. The SMILES string of the molecule is CC(=O)[C@@]1(Cc2ccccc2)CNC[C@H]1c1ccc(F)c(F)c1. The zero-order valence-electron chi connectivity index (χ0n) is 13.0. The Labute approximate surface area is 134 Å². The van der Waals surface area contributed by atoms with E-state index in [2.05, 4.69) is 5.32 Å². The summed E-state index contributed by atoms with van der Waals surface area (Å²) in [5, 5.41) is 3.26. The van der Waals surface area contributed by atoms with Crippen LogP contribution >= 0.6 is 0 Å². The fourth-order valence-corrected chi connectivity index (χ4v) is 3.56. The van der Waals surface area contributed by atoms with Crippen molar-refractivity contribution in [3.05, 3.63) is 71.3 Å². The van der Waals surface area contributed by atoms with Gasteiger partial charge < -0.3 is 5.32 Å². The summed E-state index contributed by atoms with van der Waals surface area (Å²) in [6.45, 7) is 2.71. The Morgan fingerprint density at radius 1 is 1.17 bits per heavy atom. The first-order valence-corrected chi connectivity index (χ1v) is 7.73. The maximum atomic E-state index is 13.6. The zero-order chi connectivity index (χ0) is 16.4. The van der Waals surface area contributed by atoms with Crippen LogP contribution in [0.15, 0.2) is 48.5 Å². The lowest BCUT2D eigenvalue weighted by molar-refractivity contribution is -0.126. The number of hydrogen-bond acceptors (Lipinski definition) is 2. The number of Topliss-reactive ketones (excluding diaryl/α,β-unsaturated/α-hetero) is 1. The Morgan fingerprint density at radius 3 is 2.57 bits per heavy atom. The van der Waals surface area contributed by atoms with Gasteiger partial charge in [0.1, 0.15) is 5.78 Å². The van der Waals surface area contributed by atoms with Crippen molar-refractivity contribution < 1.29 is 13.6 Å². The monoisotopic (exact) mass is 315 g/mol. The van der Waals surface area contributed by atoms with Gasteiger partial charge in [0.25, 0.3) is 0 Å². The third-order valence-electron chi connectivity index (χ3n) is 4.87. The van der Waals surface area contributed by atoms with Gasteiger partial charge >= 0.3 is 0 Å². The van der Waals surface area contributed by atoms with Crippen LogP contribution in [0.25, 0.3) is 0 Å². The second-order valence-electron chi connectivity index (χ2n) is 6.23. The van der Waals surface area contributed by atoms with Gasteiger partial charge in [-0.2, -0.15) is 0 Å². The molecule has 1 N–H and O–H groups in total. The second kappa shape index (κ2) is 6.20. The molecule has 120 valence electrons. The molecule has 1 heterocycles. The summed E-state index contributed by atoms with van der Waals surface area (Å²) in [6, 6.07) is 13.7. The summed E-state index contributed by atoms with van der Waals surface area (Å²) < 4.78 is 26.9. The molecule has 0 saturated carbocycles. The van der Waals surface area contributed by atoms with Crippen LogP contribution in [0.2, 0.25) is 0 Å². The van der Waals surface area contributed by atoms with E-state index in [0.29, 0.717) is 25.1 Å². The van der Waals surface area contributed by atoms with E-state index in [-0.39, 0.29) is 11.7 Å². The number of benzene rings is 2. The van der Waals surface area contributed by atoms with Crippen molar-refractivity contribution in [2.24, 2.45) is 5.41 Å². The van der Waals surface area contributed by atoms with Crippen molar-refractivity contribution in [2.45, 2.75) is 19.3 Å². The third kappa shape index (κ3) is 2.91. The number of carbonyl (C=O) groups is 1. The summed E-state index contributed by atoms with van der Waals surface area (Å²) in [6.07, 6.45) is 0.583. The molecule has 2 aromatic carbocycles. The minimum Gasteiger partial charge on any atom is -0.315 e. The average Bonchev–Trinajstić information content (AvgIpc) is 2.96. The first-order chi connectivity index (χ1) is 11.0. The fourth-order valence-electron chi connectivity index (χ4n) is 3.56. The van der Waals surface area contributed by atoms with Gasteiger partial charge in [0.15, 0.2) is 11.6 Å². The summed E-state index contributed by atoms with van der Waals surface area (Å²) in [5.41, 5.74) is 1.10. The predicted molar refractivity (Wildman–Crippen MR) is 85.2 cm³/mol. The van der Waals surface area contributed by atoms with Gasteiger partial charge in [0.2, 0.25) is 0 Å². The van der Waals surface area contributed by atoms with Crippen molar-refractivity contribution in [3.8, 4) is 0 Å². The van der Waals surface area contributed by atoms with Gasteiger partial charge in [-0.05, 0) is 36.6 Å². The number of rotatable bonds is 4. The summed E-state index contributed by atoms with van der Waals surface area (Å²) in [5.74, 6) is -1.83. The topological polar surface area (TPSA) is 29.1 Å². The molecule has 1 fully saturated rings. The summed E-state index contributed by atoms with van der Waals surface area (Å²) in [4.78, 5) is 12.5. The number of ketones is 1. The smallest absolute Gasteiger partial charge is 0.159 e. The molecule has 3 rings (SSSR count). The van der Waals surface area contributed by atoms with Crippen LogP contribution in [0.4, 0.5) is 8.78 Å². The zero-order valence-corrected chi connectivity index (χ0v) is 13.0. The van der Waals surface area contributed by atoms with E-state index >= 15 is 0 Å². The summed E-state index contributed by atoms with van der Waals surface area (Å²) in [7, 11) is 0. The Kier molecular flexibility index (Phi) is 4.26. The van der Waals surface area contributed by atoms with E-state index in [4.69, 9.17) is 0 Å². The Balaban J connectivity index is 2.00. The maximum Gasteiger partial charge on any atom is 0.159 e. The van der Waals surface area contributed by atoms with Crippen molar-refractivity contribution in [1.82, 2.24) is 5.32 Å². The van der Waals surface area contributed by atoms with Crippen LogP contribution in [0.5, 0.6) is 0 Å². The first kappa shape index (κ1) is 15.8. The van der Waals surface area contributed by atoms with E-state index in [0.717, 1.165) is 11.6 Å². The van der Waals surface area contributed by atoms with Crippen LogP contribution in [0.1, 0.15) is 24.0 Å². The number of halogens is 2. The molecule has 1 aliphatic heterocycles. The van der Waals surface area contributed by atoms with Gasteiger partial charge in [-0.15, -0.1) is 0 Å². The van der Waals surface area contributed by atoms with E-state index < -0.39 is 17.0 Å². The molecule has 0 radical (unpaired) electrons. The number of nitrogens with one attached hydrogen (secondary N) is 1. The fraction of sp³-hybridized carbons (Fsp3) is 0.316. The van der Waals surface area contributed by atoms with Gasteiger partial charge in [-0.3, -0.25) is 4.79 Å². The predicted octanol–water partition coefficient (Wildman–Crippen LogP) is 3.47. The molecule has 0 aromatic heterocycles. The lowest BCUT2D eigenvalue weighted by Crippen LogP contribution is -2.38. The maximum absolute atomic E-state index is 13.6. The first-order valence-electron chi connectivity index (χ1n) is 7.73. The number of hydrogen-bond donors (Lipinski definition) is 1. The Morgan fingerprint density at radius 2 is 1.91 bits per heavy atom. The second-order valence-corrected chi connectivity index (χ2v) is 6.23. The quantitative estimate of drug-likeness (QED) is 0.936. The molecule has 0 spiro atoms. The van der Waals surface area contributed by atoms with Crippen molar-refractivity contribution >= 4 is 5.78 Å². The Bertz CT molecular complexity index is 717. The van der Waals surface area contributed by atoms with Crippen LogP contribution in [0.3, 0.4) is 0 Å². The van der Waals surface area contributed by atoms with Crippen molar-refractivity contribution in [3.63, 3.8) is 0 Å². The van der Waals surface area contributed by atoms with Crippen LogP contribution in [0, 0.1) is 17.0 Å². The molecule has 1 saturated heterocycles. The van der Waals surface area contributed by atoms with Gasteiger partial charge in [-0.1, -0.05) is 36.4 Å². The minimum atomic E-state index is -0.869. The van der Waals surface area contributed by atoms with Crippen LogP contribution in [-0.2, 0) is 11.2 Å². The minimum absolute atomic E-state index is 0.0705. The molecule has 0 amide bonds. The Hall–Kier alpha value is -2.07. The van der Waals surface area contributed by atoms with E-state index in [1.807, 2.05) is 30.3 Å². The van der Waals surface area contributed by atoms with Crippen molar-refractivity contribution in [2.75, 3.05) is 13.1 Å². The molecule has 2 atom stereocenters. The molecule has 2 nitrogen and oxygen atoms in total. The molecule has 0 bridgehead atoms. The highest BCUT2D eigenvalue weighted by Gasteiger charge is 2.47. The van der Waals surface area contributed by atoms with E-state index in [1.54, 1.807) is 13.0 Å². The van der Waals surface area contributed by atoms with Gasteiger partial charge in [0.05, 0.1) is 5.41 Å². The molecule has 4 heteroatoms. The molecule has 1 aliphatic rings. The van der Waals surface area contributed by atoms with E-state index in [9.17, 15) is 13.6 Å². The molecular weight excluding hydrogens is 296 g/mol. The molecule has 23 heavy (non-hydrogen) atoms. The largest absolute Gasteiger partial charge is 0.315 e. The lowest BCUT2D eigenvalue weighted by Gasteiger charge is -2.33. The lowest BCUT2D eigenvalue weighted by atomic mass is 9.68. The average molecular weight is 315 g/mol. The van der Waals surface area contributed by atoms with Crippen LogP contribution < -0.4 is 5.32 Å². The normalized spacial score (nSPS) is 23.9. The van der Waals surface area contributed by atoms with Gasteiger partial charge in [0, 0.05) is 19.0 Å². The van der Waals surface area contributed by atoms with Gasteiger partial charge in [-0.25, -0.2) is 8.78 Å². The summed E-state index contributed by atoms with van der Waals surface area (Å²) >= 11 is 0. The standard InChI is InChI=1S/C19H19F2NO/c1-13(23)19(10-14-5-3-2-4-6-14)12-22-11-16(19)15-7-8-17(20)18(21)9-15/h2-9,16,22H,10-12H2,1H3/t16-,19+/m0/s1. The highest BCUT2D eigenvalue weighted by molar-refractivity contribution is 5.85. The van der Waals surface area contributed by atoms with E-state index in [1.165, 1.54) is 6.07 Å². The molecule has 0 unspecified atom stereocenters. The molecular formula is C19H19F2NO. The molecule has 2 aromatic rings. The number of carbonyl (C=O) groups excluding carboxylic acids is 1. The highest BCUT2D eigenvalue weighted by Crippen LogP contribution is 2.43. The van der Waals surface area contributed by atoms with Crippen molar-refractivity contribution in [1.29, 1.82) is 0 Å². The van der Waals surface area contributed by atoms with Crippen LogP contribution in [-0.4, -0.2) is 18.9 Å².